The van der Waals surface area contributed by atoms with Crippen LogP contribution in [0.1, 0.15) is 12.8 Å². The summed E-state index contributed by atoms with van der Waals surface area (Å²) in [6.07, 6.45) is 0.741. The molecule has 1 atom stereocenters. The second-order valence-corrected chi connectivity index (χ2v) is 9.41. The Labute approximate surface area is 135 Å². The van der Waals surface area contributed by atoms with Gasteiger partial charge in [0.2, 0.25) is 20.0 Å². The van der Waals surface area contributed by atoms with Crippen molar-refractivity contribution in [1.82, 2.24) is 8.61 Å². The van der Waals surface area contributed by atoms with Gasteiger partial charge in [0.15, 0.2) is 0 Å². The standard InChI is InChI=1S/C13H18N2O6S2/c1-14(2)22(18,19)10-5-7-11(8-6-10)23(20,21)15-9-3-4-12(15)13(16)17/h5-8,12H,3-4,9H2,1-2H3,(H,16,17). The molecule has 23 heavy (non-hydrogen) atoms. The molecule has 1 aromatic rings. The zero-order valence-corrected chi connectivity index (χ0v) is 14.3. The largest absolute Gasteiger partial charge is 0.480 e. The molecular weight excluding hydrogens is 344 g/mol. The Bertz CT molecular complexity index is 799. The molecule has 0 aliphatic carbocycles. The van der Waals surface area contributed by atoms with Crippen molar-refractivity contribution in [2.75, 3.05) is 20.6 Å². The van der Waals surface area contributed by atoms with Crippen LogP contribution in [-0.2, 0) is 24.8 Å². The minimum Gasteiger partial charge on any atom is -0.480 e. The van der Waals surface area contributed by atoms with E-state index in [4.69, 9.17) is 5.11 Å². The van der Waals surface area contributed by atoms with E-state index in [1.54, 1.807) is 0 Å². The third-order valence-corrected chi connectivity index (χ3v) is 7.45. The Hall–Kier alpha value is -1.49. The van der Waals surface area contributed by atoms with Gasteiger partial charge in [-0.05, 0) is 37.1 Å². The summed E-state index contributed by atoms with van der Waals surface area (Å²) < 4.78 is 51.0. The molecule has 1 N–H and O–H groups in total. The third kappa shape index (κ3) is 3.25. The van der Waals surface area contributed by atoms with Gasteiger partial charge in [-0.2, -0.15) is 4.31 Å². The monoisotopic (exact) mass is 362 g/mol. The van der Waals surface area contributed by atoms with Gasteiger partial charge in [-0.25, -0.2) is 21.1 Å². The lowest BCUT2D eigenvalue weighted by Gasteiger charge is -2.21. The van der Waals surface area contributed by atoms with Crippen molar-refractivity contribution in [3.8, 4) is 0 Å². The van der Waals surface area contributed by atoms with Crippen LogP contribution in [0.25, 0.3) is 0 Å². The number of sulfonamides is 2. The summed E-state index contributed by atoms with van der Waals surface area (Å²) >= 11 is 0. The maximum atomic E-state index is 12.5. The summed E-state index contributed by atoms with van der Waals surface area (Å²) in [5.41, 5.74) is 0. The fraction of sp³-hybridized carbons (Fsp3) is 0.462. The Morgan fingerprint density at radius 2 is 1.65 bits per heavy atom. The molecule has 10 heteroatoms. The molecule has 1 saturated heterocycles. The fourth-order valence-corrected chi connectivity index (χ4v) is 4.96. The summed E-state index contributed by atoms with van der Waals surface area (Å²) in [7, 11) is -4.87. The second-order valence-electron chi connectivity index (χ2n) is 5.37. The maximum absolute atomic E-state index is 12.5. The Balaban J connectivity index is 2.37. The van der Waals surface area contributed by atoms with E-state index in [9.17, 15) is 21.6 Å². The number of aliphatic carboxylic acids is 1. The van der Waals surface area contributed by atoms with E-state index in [0.29, 0.717) is 6.42 Å². The predicted molar refractivity (Wildman–Crippen MR) is 81.9 cm³/mol. The van der Waals surface area contributed by atoms with E-state index in [0.717, 1.165) is 8.61 Å². The number of hydrogen-bond acceptors (Lipinski definition) is 5. The molecule has 1 unspecified atom stereocenters. The lowest BCUT2D eigenvalue weighted by molar-refractivity contribution is -0.140. The first-order chi connectivity index (χ1) is 10.6. The number of hydrogen-bond donors (Lipinski definition) is 1. The van der Waals surface area contributed by atoms with Gasteiger partial charge in [-0.3, -0.25) is 4.79 Å². The summed E-state index contributed by atoms with van der Waals surface area (Å²) in [6, 6.07) is 3.69. The summed E-state index contributed by atoms with van der Waals surface area (Å²) in [5, 5.41) is 9.11. The van der Waals surface area contributed by atoms with Crippen molar-refractivity contribution in [3.05, 3.63) is 24.3 Å². The number of carboxylic acid groups (broad SMARTS) is 1. The molecule has 0 bridgehead atoms. The van der Waals surface area contributed by atoms with Crippen LogP contribution in [0.4, 0.5) is 0 Å². The first-order valence-electron chi connectivity index (χ1n) is 6.85. The highest BCUT2D eigenvalue weighted by Gasteiger charge is 2.39. The van der Waals surface area contributed by atoms with Crippen molar-refractivity contribution in [2.24, 2.45) is 0 Å². The van der Waals surface area contributed by atoms with Crippen molar-refractivity contribution >= 4 is 26.0 Å². The molecule has 1 heterocycles. The molecule has 0 saturated carbocycles. The van der Waals surface area contributed by atoms with Crippen LogP contribution >= 0.6 is 0 Å². The van der Waals surface area contributed by atoms with Crippen LogP contribution in [0.3, 0.4) is 0 Å². The molecule has 1 aliphatic rings. The van der Waals surface area contributed by atoms with E-state index >= 15 is 0 Å². The number of carbonyl (C=O) groups is 1. The molecule has 1 aromatic carbocycles. The highest BCUT2D eigenvalue weighted by Crippen LogP contribution is 2.27. The van der Waals surface area contributed by atoms with Crippen LogP contribution < -0.4 is 0 Å². The molecule has 0 amide bonds. The van der Waals surface area contributed by atoms with Crippen LogP contribution in [0.15, 0.2) is 34.1 Å². The molecular formula is C13H18N2O6S2. The Kier molecular flexibility index (Phi) is 4.81. The Morgan fingerprint density at radius 1 is 1.13 bits per heavy atom. The van der Waals surface area contributed by atoms with E-state index < -0.39 is 32.1 Å². The molecule has 2 rings (SSSR count). The highest BCUT2D eigenvalue weighted by atomic mass is 32.2. The van der Waals surface area contributed by atoms with Crippen LogP contribution in [0.5, 0.6) is 0 Å². The third-order valence-electron chi connectivity index (χ3n) is 3.70. The molecule has 0 spiro atoms. The predicted octanol–water partition coefficient (Wildman–Crippen LogP) is 0.175. The molecule has 0 aromatic heterocycles. The SMILES string of the molecule is CN(C)S(=O)(=O)c1ccc(S(=O)(=O)N2CCCC2C(=O)O)cc1. The van der Waals surface area contributed by atoms with Gasteiger partial charge < -0.3 is 5.11 Å². The molecule has 1 fully saturated rings. The minimum absolute atomic E-state index is 0.0299. The van der Waals surface area contributed by atoms with Gasteiger partial charge >= 0.3 is 5.97 Å². The summed E-state index contributed by atoms with van der Waals surface area (Å²) in [6.45, 7) is 0.136. The normalized spacial score (nSPS) is 20.0. The van der Waals surface area contributed by atoms with Crippen molar-refractivity contribution in [3.63, 3.8) is 0 Å². The molecule has 8 nitrogen and oxygen atoms in total. The lowest BCUT2D eigenvalue weighted by atomic mass is 10.2. The topological polar surface area (TPSA) is 112 Å². The zero-order valence-electron chi connectivity index (χ0n) is 12.7. The van der Waals surface area contributed by atoms with Crippen LogP contribution in [0.2, 0.25) is 0 Å². The van der Waals surface area contributed by atoms with Crippen LogP contribution in [0, 0.1) is 0 Å². The van der Waals surface area contributed by atoms with E-state index in [1.807, 2.05) is 0 Å². The zero-order chi connectivity index (χ0) is 17.4. The first kappa shape index (κ1) is 17.9. The van der Waals surface area contributed by atoms with Crippen molar-refractivity contribution in [2.45, 2.75) is 28.7 Å². The van der Waals surface area contributed by atoms with Gasteiger partial charge in [-0.1, -0.05) is 0 Å². The van der Waals surface area contributed by atoms with Gasteiger partial charge in [0.1, 0.15) is 6.04 Å². The fourth-order valence-electron chi connectivity index (χ4n) is 2.40. The van der Waals surface area contributed by atoms with Gasteiger partial charge in [0.05, 0.1) is 9.79 Å². The number of rotatable bonds is 5. The number of nitrogens with zero attached hydrogens (tertiary/aromatic N) is 2. The maximum Gasteiger partial charge on any atom is 0.322 e. The lowest BCUT2D eigenvalue weighted by Crippen LogP contribution is -2.40. The van der Waals surface area contributed by atoms with E-state index in [2.05, 4.69) is 0 Å². The van der Waals surface area contributed by atoms with Crippen LogP contribution in [-0.4, -0.2) is 63.2 Å². The molecule has 0 radical (unpaired) electrons. The highest BCUT2D eigenvalue weighted by molar-refractivity contribution is 7.89. The first-order valence-corrected chi connectivity index (χ1v) is 9.74. The van der Waals surface area contributed by atoms with Gasteiger partial charge in [0, 0.05) is 20.6 Å². The molecule has 1 aliphatic heterocycles. The second kappa shape index (κ2) is 6.19. The van der Waals surface area contributed by atoms with Crippen molar-refractivity contribution in [1.29, 1.82) is 0 Å². The smallest absolute Gasteiger partial charge is 0.322 e. The minimum atomic E-state index is -3.97. The average Bonchev–Trinajstić information content (AvgIpc) is 2.97. The van der Waals surface area contributed by atoms with Gasteiger partial charge in [-0.15, -0.1) is 0 Å². The van der Waals surface area contributed by atoms with Gasteiger partial charge in [0.25, 0.3) is 0 Å². The summed E-state index contributed by atoms with van der Waals surface area (Å²) in [4.78, 5) is 11.0. The van der Waals surface area contributed by atoms with E-state index in [1.165, 1.54) is 38.4 Å². The number of benzene rings is 1. The van der Waals surface area contributed by atoms with Crippen molar-refractivity contribution < 1.29 is 26.7 Å². The van der Waals surface area contributed by atoms with E-state index in [-0.39, 0.29) is 22.8 Å². The Morgan fingerprint density at radius 3 is 2.13 bits per heavy atom. The summed E-state index contributed by atoms with van der Waals surface area (Å²) in [5.74, 6) is -1.18. The number of carboxylic acids is 1. The average molecular weight is 362 g/mol. The quantitative estimate of drug-likeness (QED) is 0.799. The molecule has 128 valence electrons.